The summed E-state index contributed by atoms with van der Waals surface area (Å²) in [5.74, 6) is 1.59. The van der Waals surface area contributed by atoms with E-state index in [0.717, 1.165) is 6.92 Å². The molecule has 3 aliphatic heterocycles. The van der Waals surface area contributed by atoms with Crippen LogP contribution in [-0.2, 0) is 45.1 Å². The molecule has 0 aromatic carbocycles. The van der Waals surface area contributed by atoms with Gasteiger partial charge in [-0.2, -0.15) is 4.80 Å². The maximum atomic E-state index is 16.6. The zero-order valence-corrected chi connectivity index (χ0v) is 34.2. The zero-order valence-electron chi connectivity index (χ0n) is 33.4. The number of Topliss-reactive ketones (excluding diaryl/α,β-unsaturated/α-hetero) is 2. The predicted octanol–water partition coefficient (Wildman–Crippen LogP) is 2.39. The Morgan fingerprint density at radius 3 is 2.54 bits per heavy atom. The average molecular weight is 806 g/mol. The van der Waals surface area contributed by atoms with E-state index in [2.05, 4.69) is 37.6 Å². The smallest absolute Gasteiger partial charge is 0.408 e. The van der Waals surface area contributed by atoms with Crippen LogP contribution >= 0.6 is 11.3 Å². The molecule has 17 nitrogen and oxygen atoms in total. The number of carbonyl (C=O) groups excluding carboxylic acids is 4. The van der Waals surface area contributed by atoms with Crippen molar-refractivity contribution in [2.45, 2.75) is 134 Å². The Hall–Kier alpha value is -3.93. The van der Waals surface area contributed by atoms with Crippen LogP contribution in [0.15, 0.2) is 6.20 Å². The molecule has 2 N–H and O–H groups in total. The number of carbonyl (C=O) groups is 4. The number of ether oxygens (including phenoxy) is 5. The van der Waals surface area contributed by atoms with Gasteiger partial charge in [-0.1, -0.05) is 32.6 Å². The first kappa shape index (κ1) is 43.2. The molecule has 2 aromatic heterocycles. The number of tetrazole rings is 1. The number of aryl methyl sites for hydroxylation is 1. The molecular weight excluding hydrogens is 754 g/mol. The fourth-order valence-corrected chi connectivity index (χ4v) is 8.44. The van der Waals surface area contributed by atoms with Crippen molar-refractivity contribution < 1.29 is 52.4 Å². The summed E-state index contributed by atoms with van der Waals surface area (Å²) in [4.78, 5) is 62.6. The minimum absolute atomic E-state index is 0.0787. The normalized spacial score (nSPS) is 37.2. The van der Waals surface area contributed by atoms with E-state index in [1.54, 1.807) is 55.0 Å². The van der Waals surface area contributed by atoms with Crippen molar-refractivity contribution in [3.63, 3.8) is 0 Å². The van der Waals surface area contributed by atoms with E-state index in [4.69, 9.17) is 23.7 Å². The first-order valence-electron chi connectivity index (χ1n) is 18.6. The number of nitrogens with zero attached hydrogens (tertiary/aromatic N) is 6. The number of aliphatic hydroxyl groups excluding tert-OH is 1. The fraction of sp³-hybridized carbons (Fsp3) is 0.730. The molecule has 2 aromatic rings. The fourth-order valence-electron chi connectivity index (χ4n) is 7.73. The van der Waals surface area contributed by atoms with Gasteiger partial charge in [0, 0.05) is 24.3 Å². The maximum Gasteiger partial charge on any atom is 0.408 e. The Bertz CT molecular complexity index is 1850. The number of thiazole rings is 1. The van der Waals surface area contributed by atoms with E-state index in [-0.39, 0.29) is 31.3 Å². The first-order valence-corrected chi connectivity index (χ1v) is 19.5. The van der Waals surface area contributed by atoms with Crippen molar-refractivity contribution in [2.24, 2.45) is 18.9 Å². The van der Waals surface area contributed by atoms with Crippen LogP contribution in [0.5, 0.6) is 0 Å². The zero-order chi connectivity index (χ0) is 41.3. The van der Waals surface area contributed by atoms with Gasteiger partial charge >= 0.3 is 12.1 Å². The van der Waals surface area contributed by atoms with Gasteiger partial charge in [0.25, 0.3) is 5.67 Å². The van der Waals surface area contributed by atoms with E-state index in [1.165, 1.54) is 23.1 Å². The number of halogens is 1. The number of nitrogens with one attached hydrogen (secondary N) is 1. The Labute approximate surface area is 329 Å². The highest BCUT2D eigenvalue weighted by atomic mass is 32.1. The van der Waals surface area contributed by atoms with E-state index < -0.39 is 89.7 Å². The molecule has 0 saturated carbocycles. The predicted molar refractivity (Wildman–Crippen MR) is 198 cm³/mol. The van der Waals surface area contributed by atoms with Crippen molar-refractivity contribution in [3.05, 3.63) is 11.1 Å². The number of alkyl halides is 1. The SMILES string of the molecule is CC[C@H]1OC(=O)[C@@](C)(F)C(=O)C[C@@H](OC2O[C@H](C)C[C@H](N(C)C)[C@H]2O)[C@@](C)(OCC#Cc2cnc(-c3nnn(C)n3)s2)C[C@@H](C)C(=O)[C@H](C)[C@H]2NC(=O)O[C@@]21C. The van der Waals surface area contributed by atoms with Gasteiger partial charge in [-0.25, -0.2) is 19.0 Å². The van der Waals surface area contributed by atoms with Gasteiger partial charge in [-0.3, -0.25) is 9.59 Å². The van der Waals surface area contributed by atoms with Crippen molar-refractivity contribution >= 4 is 35.0 Å². The van der Waals surface area contributed by atoms with Gasteiger partial charge in [-0.05, 0) is 66.3 Å². The monoisotopic (exact) mass is 805 g/mol. The summed E-state index contributed by atoms with van der Waals surface area (Å²) < 4.78 is 46.8. The molecule has 1 amide bonds. The lowest BCUT2D eigenvalue weighted by atomic mass is 9.75. The van der Waals surface area contributed by atoms with Crippen LogP contribution in [0.4, 0.5) is 9.18 Å². The largest absolute Gasteiger partial charge is 0.455 e. The van der Waals surface area contributed by atoms with Gasteiger partial charge in [0.05, 0.1) is 42.0 Å². The summed E-state index contributed by atoms with van der Waals surface area (Å²) in [6, 6.07) is -1.38. The molecule has 5 heterocycles. The number of hydrogen-bond donors (Lipinski definition) is 2. The number of alkyl carbamates (subject to hydrolysis) is 1. The number of esters is 1. The Balaban J connectivity index is 1.54. The molecule has 0 bridgehead atoms. The van der Waals surface area contributed by atoms with Crippen molar-refractivity contribution in [1.82, 2.24) is 35.4 Å². The lowest BCUT2D eigenvalue weighted by Gasteiger charge is -2.46. The number of hydrogen-bond acceptors (Lipinski definition) is 16. The number of rotatable bonds is 7. The van der Waals surface area contributed by atoms with Gasteiger partial charge in [0.2, 0.25) is 5.82 Å². The van der Waals surface area contributed by atoms with Crippen LogP contribution in [0, 0.1) is 23.7 Å². The Morgan fingerprint density at radius 1 is 1.18 bits per heavy atom. The number of cyclic esters (lactones) is 1. The minimum Gasteiger partial charge on any atom is -0.455 e. The molecule has 0 aliphatic carbocycles. The summed E-state index contributed by atoms with van der Waals surface area (Å²) in [5.41, 5.74) is -6.36. The molecule has 1 unspecified atom stereocenters. The summed E-state index contributed by atoms with van der Waals surface area (Å²) >= 11 is 1.23. The van der Waals surface area contributed by atoms with Gasteiger partial charge < -0.3 is 39.0 Å². The molecule has 56 heavy (non-hydrogen) atoms. The molecule has 0 radical (unpaired) electrons. The van der Waals surface area contributed by atoms with Crippen LogP contribution < -0.4 is 5.32 Å². The highest BCUT2D eigenvalue weighted by Gasteiger charge is 2.58. The number of fused-ring (bicyclic) bond motifs is 1. The molecule has 3 fully saturated rings. The third-order valence-electron chi connectivity index (χ3n) is 11.0. The minimum atomic E-state index is -3.19. The lowest BCUT2D eigenvalue weighted by Crippen LogP contribution is -2.60. The molecule has 12 atom stereocenters. The molecule has 0 spiro atoms. The topological polar surface area (TPSA) is 206 Å². The molecule has 3 saturated heterocycles. The average Bonchev–Trinajstić information content (AvgIpc) is 3.87. The summed E-state index contributed by atoms with van der Waals surface area (Å²) in [5, 5.41) is 26.6. The van der Waals surface area contributed by atoms with Crippen molar-refractivity contribution in [3.8, 4) is 22.7 Å². The molecule has 5 rings (SSSR count). The quantitative estimate of drug-likeness (QED) is 0.234. The second kappa shape index (κ2) is 16.9. The van der Waals surface area contributed by atoms with Gasteiger partial charge in [0.1, 0.15) is 24.6 Å². The van der Waals surface area contributed by atoms with E-state index in [0.29, 0.717) is 22.1 Å². The number of amides is 1. The Morgan fingerprint density at radius 2 is 1.89 bits per heavy atom. The van der Waals surface area contributed by atoms with E-state index >= 15 is 4.39 Å². The van der Waals surface area contributed by atoms with Crippen molar-refractivity contribution in [2.75, 3.05) is 20.7 Å². The third kappa shape index (κ3) is 8.95. The molecule has 308 valence electrons. The van der Waals surface area contributed by atoms with Crippen LogP contribution in [0.2, 0.25) is 0 Å². The second-order valence-electron chi connectivity index (χ2n) is 15.7. The lowest BCUT2D eigenvalue weighted by molar-refractivity contribution is -0.290. The van der Waals surface area contributed by atoms with Crippen molar-refractivity contribution in [1.29, 1.82) is 0 Å². The third-order valence-corrected chi connectivity index (χ3v) is 11.9. The number of aliphatic hydroxyl groups is 1. The molecule has 3 aliphatic rings. The Kier molecular flexibility index (Phi) is 13.0. The summed E-state index contributed by atoms with van der Waals surface area (Å²) in [6.45, 7) is 10.4. The number of likely N-dealkylation sites (N-methyl/N-ethyl adjacent to an activating group) is 1. The van der Waals surface area contributed by atoms with Crippen LogP contribution in [0.25, 0.3) is 10.8 Å². The van der Waals surface area contributed by atoms with Crippen LogP contribution in [0.3, 0.4) is 0 Å². The number of ketones is 2. The van der Waals surface area contributed by atoms with Crippen LogP contribution in [-0.4, -0.2) is 139 Å². The summed E-state index contributed by atoms with van der Waals surface area (Å²) in [7, 11) is 5.24. The summed E-state index contributed by atoms with van der Waals surface area (Å²) in [6.07, 6.45) is -5.04. The van der Waals surface area contributed by atoms with Gasteiger partial charge in [0.15, 0.2) is 22.7 Å². The van der Waals surface area contributed by atoms with Crippen LogP contribution in [0.1, 0.15) is 79.0 Å². The highest BCUT2D eigenvalue weighted by Crippen LogP contribution is 2.40. The van der Waals surface area contributed by atoms with Gasteiger partial charge in [-0.15, -0.1) is 21.5 Å². The second-order valence-corrected chi connectivity index (χ2v) is 16.7. The standard InChI is InChI=1S/C37H52FN7O10S/c1-11-25-37(7)29(40-34(50)55-37)21(4)27(47)19(2)17-35(5,51-14-12-13-22-18-39-31(56-22)30-41-43-45(10)42-30)26(16-24(46)36(6,38)33(49)54-25)53-32-28(48)23(44(8)9)15-20(3)52-32/h18-21,23,25-26,28-29,32,48H,11,14-17H2,1-10H3,(H,40,50)/t19-,20-,21+,23+,25-,26-,28-,29-,32?,35+,36+,37-/m1/s1. The molecular formula is C37H52FN7O10S. The number of aromatic nitrogens is 5. The first-order chi connectivity index (χ1) is 26.2. The maximum absolute atomic E-state index is 16.6. The molecule has 19 heteroatoms. The van der Waals surface area contributed by atoms with E-state index in [9.17, 15) is 24.3 Å². The van der Waals surface area contributed by atoms with E-state index in [1.807, 2.05) is 11.8 Å². The highest BCUT2D eigenvalue weighted by molar-refractivity contribution is 7.15.